The molecule has 6 amide bonds. The summed E-state index contributed by atoms with van der Waals surface area (Å²) in [6.07, 6.45) is -5.47. The number of benzene rings is 12. The van der Waals surface area contributed by atoms with E-state index in [1.54, 1.807) is 152 Å². The van der Waals surface area contributed by atoms with Crippen LogP contribution >= 0.6 is 120 Å². The number of carbonyl (C=O) groups is 6. The van der Waals surface area contributed by atoms with Crippen molar-refractivity contribution in [3.8, 4) is 34.5 Å². The highest BCUT2D eigenvalue weighted by atomic mass is 127. The van der Waals surface area contributed by atoms with Gasteiger partial charge in [-0.05, 0) is 243 Å². The van der Waals surface area contributed by atoms with Crippen LogP contribution in [0.4, 0.5) is 67.3 Å². The molecular weight excluding hydrogens is 2110 g/mol. The zero-order chi connectivity index (χ0) is 101. The minimum absolute atomic E-state index is 0.00274. The summed E-state index contributed by atoms with van der Waals surface area (Å²) in [5, 5.41) is 65.0. The Balaban J connectivity index is 0.000000224. The van der Waals surface area contributed by atoms with Gasteiger partial charge in [-0.3, -0.25) is 31.2 Å². The molecular formula is C97H94BrCl7FIN6O24. The van der Waals surface area contributed by atoms with Crippen LogP contribution in [-0.4, -0.2) is 110 Å². The molecule has 12 aromatic rings. The molecule has 0 radical (unpaired) electrons. The Morgan fingerprint density at radius 1 is 0.285 bits per heavy atom. The van der Waals surface area contributed by atoms with Crippen molar-refractivity contribution in [2.24, 2.45) is 0 Å². The van der Waals surface area contributed by atoms with Gasteiger partial charge in [0.1, 0.15) is 80.0 Å². The maximum atomic E-state index is 14.0. The number of amides is 6. The number of hydrogen-bond donors (Lipinski definition) is 6. The molecule has 0 spiro atoms. The van der Waals surface area contributed by atoms with Gasteiger partial charge in [0, 0.05) is 40.9 Å². The molecule has 12 aromatic carbocycles. The van der Waals surface area contributed by atoms with Crippen LogP contribution in [0.5, 0.6) is 34.5 Å². The molecule has 12 rings (SSSR count). The Morgan fingerprint density at radius 2 is 0.533 bits per heavy atom. The molecule has 6 N–H and O–H groups in total. The predicted molar refractivity (Wildman–Crippen MR) is 532 cm³/mol. The first-order chi connectivity index (χ1) is 65.2. The lowest BCUT2D eigenvalue weighted by molar-refractivity contribution is 0.140. The summed E-state index contributed by atoms with van der Waals surface area (Å²) in [6.45, 7) is 13.8. The van der Waals surface area contributed by atoms with Crippen molar-refractivity contribution in [3.05, 3.63) is 346 Å². The van der Waals surface area contributed by atoms with Crippen LogP contribution in [0.3, 0.4) is 0 Å². The van der Waals surface area contributed by atoms with Crippen LogP contribution in [0.2, 0.25) is 35.2 Å². The van der Waals surface area contributed by atoms with Crippen molar-refractivity contribution in [2.45, 2.75) is 88.1 Å². The van der Waals surface area contributed by atoms with E-state index < -0.39 is 42.4 Å². The average molecular weight is 2200 g/mol. The number of halogens is 10. The highest BCUT2D eigenvalue weighted by Crippen LogP contribution is 2.39. The Bertz CT molecular complexity index is 5470. The SMILES string of the molecule is COC(=O)N(O)c1cccc(Br)c1COc1ccc(C)cc1Cl.COC(=O)N(O)c1cccc(C)c1COc1ccc(C)cc1Cl.COC(=O)N(O)c1cccc(Cl)c1COc1ccc(C)cc1Cl.COC(=O)N(O)c1cccc(F)c1COc1ccc(C)cc1Cl.COC(=O)N(O)c1cccc(I)c1COc1ccc(C)cc1Cl.COC(=O)N(O)c1ccccc1COc1ccc(C)cc1Cl. The second-order valence-corrected chi connectivity index (χ2v) is 33.5. The van der Waals surface area contributed by atoms with Gasteiger partial charge < -0.3 is 56.8 Å². The highest BCUT2D eigenvalue weighted by molar-refractivity contribution is 14.1. The minimum atomic E-state index is -1.04. The van der Waals surface area contributed by atoms with Gasteiger partial charge in [-0.1, -0.05) is 188 Å². The molecule has 0 aliphatic heterocycles. The summed E-state index contributed by atoms with van der Waals surface area (Å²) < 4.78 is 76.5. The number of methoxy groups -OCH3 is 6. The number of ether oxygens (including phenoxy) is 12. The summed E-state index contributed by atoms with van der Waals surface area (Å²) in [4.78, 5) is 68.9. The third-order valence-corrected chi connectivity index (χ3v) is 22.9. The number of aryl methyl sites for hydroxylation is 7. The first-order valence-electron chi connectivity index (χ1n) is 40.2. The largest absolute Gasteiger partial charge is 0.487 e. The zero-order valence-corrected chi connectivity index (χ0v) is 84.6. The van der Waals surface area contributed by atoms with E-state index in [4.69, 9.17) is 110 Å². The molecule has 726 valence electrons. The molecule has 0 saturated heterocycles. The standard InChI is InChI=1S/C17H18ClNO4.C16H15BrClNO4.C16H15Cl2NO4.C16H15ClFNO4.C16H15ClINO4.C16H16ClNO4/c1-11-7-8-16(14(18)9-11)23-10-13-12(2)5-4-6-15(13)19(21)17(20)22-3;2*1-10-6-7-15(13(18)8-10)23-9-11-12(17)4-3-5-14(11)19(21)16(20)22-2;2*1-10-6-7-15(12(17)8-10)23-9-11-13(18)4-3-5-14(11)19(21)16(20)22-2;1-11-7-8-15(13(17)9-11)22-10-12-5-3-4-6-14(12)18(20)16(19)21-2/h4-9,21H,10H2,1-3H3;4*3-8,21H,9H2,1-2H3;3-9,20H,10H2,1-2H3. The summed E-state index contributed by atoms with van der Waals surface area (Å²) in [5.41, 5.74) is 11.2. The Hall–Kier alpha value is -12.0. The van der Waals surface area contributed by atoms with Gasteiger partial charge in [-0.2, -0.15) is 30.4 Å². The molecule has 0 unspecified atom stereocenters. The molecule has 0 heterocycles. The number of hydroxylamine groups is 6. The van der Waals surface area contributed by atoms with Crippen molar-refractivity contribution in [1.82, 2.24) is 0 Å². The molecule has 137 heavy (non-hydrogen) atoms. The van der Waals surface area contributed by atoms with Gasteiger partial charge in [-0.25, -0.2) is 33.2 Å². The van der Waals surface area contributed by atoms with Gasteiger partial charge in [-0.15, -0.1) is 0 Å². The fraction of sp³-hybridized carbons (Fsp3) is 0.196. The normalized spacial score (nSPS) is 10.3. The minimum Gasteiger partial charge on any atom is -0.487 e. The number of nitrogens with zero attached hydrogens (tertiary/aromatic N) is 6. The summed E-state index contributed by atoms with van der Waals surface area (Å²) in [7, 11) is 7.04. The fourth-order valence-corrected chi connectivity index (χ4v) is 14.9. The zero-order valence-electron chi connectivity index (χ0n) is 75.6. The fourth-order valence-electron chi connectivity index (χ4n) is 11.8. The summed E-state index contributed by atoms with van der Waals surface area (Å²) >= 11 is 48.4. The lowest BCUT2D eigenvalue weighted by Crippen LogP contribution is -2.28. The molecule has 40 heteroatoms. The second-order valence-electron chi connectivity index (χ2n) is 28.7. The van der Waals surface area contributed by atoms with Crippen LogP contribution in [-0.2, 0) is 68.1 Å². The average Bonchev–Trinajstić information content (AvgIpc) is 0.802. The maximum Gasteiger partial charge on any atom is 0.438 e. The van der Waals surface area contributed by atoms with Crippen LogP contribution in [0.1, 0.15) is 72.3 Å². The van der Waals surface area contributed by atoms with Crippen LogP contribution in [0.25, 0.3) is 0 Å². The van der Waals surface area contributed by atoms with Gasteiger partial charge >= 0.3 is 36.6 Å². The Labute approximate surface area is 846 Å². The monoisotopic (exact) mass is 2200 g/mol. The molecule has 0 fully saturated rings. The molecule has 0 saturated carbocycles. The van der Waals surface area contributed by atoms with Crippen molar-refractivity contribution < 1.29 is 121 Å². The van der Waals surface area contributed by atoms with Gasteiger partial charge in [0.05, 0.1) is 112 Å². The van der Waals surface area contributed by atoms with Gasteiger partial charge in [0.15, 0.2) is 0 Å². The number of anilines is 6. The smallest absolute Gasteiger partial charge is 0.438 e. The summed E-state index contributed by atoms with van der Waals surface area (Å²) in [6, 6.07) is 63.4. The maximum absolute atomic E-state index is 14.0. The van der Waals surface area contributed by atoms with E-state index >= 15 is 0 Å². The second kappa shape index (κ2) is 55.4. The number of para-hydroxylation sites is 1. The third kappa shape index (κ3) is 32.9. The third-order valence-electron chi connectivity index (χ3n) is 19.0. The quantitative estimate of drug-likeness (QED) is 0.0142. The first-order valence-corrected chi connectivity index (χ1v) is 44.7. The van der Waals surface area contributed by atoms with Gasteiger partial charge in [0.25, 0.3) is 0 Å². The van der Waals surface area contributed by atoms with E-state index in [1.807, 2.05) is 97.0 Å². The topological polar surface area (TPSA) is 354 Å². The lowest BCUT2D eigenvalue weighted by atomic mass is 10.1. The van der Waals surface area contributed by atoms with Crippen LogP contribution < -0.4 is 58.8 Å². The van der Waals surface area contributed by atoms with E-state index in [9.17, 15) is 64.4 Å². The number of carbonyl (C=O) groups excluding carboxylic acids is 6. The number of rotatable bonds is 24. The Kier molecular flexibility index (Phi) is 45.3. The molecule has 0 aliphatic carbocycles. The predicted octanol–water partition coefficient (Wildman–Crippen LogP) is 27.6. The van der Waals surface area contributed by atoms with Crippen molar-refractivity contribution >= 4 is 190 Å². The van der Waals surface area contributed by atoms with E-state index in [0.29, 0.717) is 139 Å². The molecule has 0 aromatic heterocycles. The molecule has 0 bridgehead atoms. The van der Waals surface area contributed by atoms with E-state index in [-0.39, 0.29) is 73.0 Å². The molecule has 0 atom stereocenters. The van der Waals surface area contributed by atoms with E-state index in [1.165, 1.54) is 59.8 Å². The number of hydrogen-bond acceptors (Lipinski definition) is 24. The van der Waals surface area contributed by atoms with Crippen LogP contribution in [0, 0.1) is 57.9 Å². The lowest BCUT2D eigenvalue weighted by Gasteiger charge is -2.19. The van der Waals surface area contributed by atoms with Crippen LogP contribution in [0.15, 0.2) is 229 Å². The van der Waals surface area contributed by atoms with Crippen molar-refractivity contribution in [2.75, 3.05) is 73.0 Å². The summed E-state index contributed by atoms with van der Waals surface area (Å²) in [5.74, 6) is 2.33. The highest BCUT2D eigenvalue weighted by Gasteiger charge is 2.27. The Morgan fingerprint density at radius 3 is 0.883 bits per heavy atom. The van der Waals surface area contributed by atoms with Crippen molar-refractivity contribution in [1.29, 1.82) is 0 Å². The molecule has 30 nitrogen and oxygen atoms in total. The molecule has 0 aliphatic rings. The van der Waals surface area contributed by atoms with Crippen molar-refractivity contribution in [3.63, 3.8) is 0 Å². The van der Waals surface area contributed by atoms with Gasteiger partial charge in [0.2, 0.25) is 0 Å². The first kappa shape index (κ1) is 112. The van der Waals surface area contributed by atoms with E-state index in [0.717, 1.165) is 49.6 Å². The van der Waals surface area contributed by atoms with E-state index in [2.05, 4.69) is 66.9 Å².